The quantitative estimate of drug-likeness (QED) is 0.835. The van der Waals surface area contributed by atoms with Crippen LogP contribution in [0, 0.1) is 0 Å². The average Bonchev–Trinajstić information content (AvgIpc) is 2.46. The summed E-state index contributed by atoms with van der Waals surface area (Å²) < 4.78 is 0. The van der Waals surface area contributed by atoms with E-state index in [9.17, 15) is 9.90 Å². The first-order valence-electron chi connectivity index (χ1n) is 6.56. The molecule has 98 valence electrons. The van der Waals surface area contributed by atoms with Gasteiger partial charge >= 0.3 is 0 Å². The Kier molecular flexibility index (Phi) is 3.17. The van der Waals surface area contributed by atoms with Gasteiger partial charge < -0.3 is 10.0 Å². The maximum Gasteiger partial charge on any atom is 0.153 e. The number of fused-ring (bicyclic) bond motifs is 1. The minimum atomic E-state index is -0.226. The topological polar surface area (TPSA) is 53.4 Å². The van der Waals surface area contributed by atoms with Gasteiger partial charge in [0.05, 0.1) is 17.2 Å². The Morgan fingerprint density at radius 2 is 2.00 bits per heavy atom. The van der Waals surface area contributed by atoms with E-state index in [0.29, 0.717) is 5.56 Å². The first kappa shape index (κ1) is 12.1. The third-order valence-corrected chi connectivity index (χ3v) is 3.62. The van der Waals surface area contributed by atoms with E-state index in [1.165, 1.54) is 0 Å². The molecule has 0 saturated carbocycles. The third kappa shape index (κ3) is 2.31. The number of hydrogen-bond donors (Lipinski definition) is 1. The van der Waals surface area contributed by atoms with Crippen molar-refractivity contribution in [2.24, 2.45) is 0 Å². The van der Waals surface area contributed by atoms with E-state index in [2.05, 4.69) is 9.88 Å². The average molecular weight is 256 g/mol. The lowest BCUT2D eigenvalue weighted by molar-refractivity contribution is 0.112. The number of carbonyl (C=O) groups is 1. The second-order valence-corrected chi connectivity index (χ2v) is 4.93. The number of aliphatic hydroxyl groups excluding tert-OH is 1. The third-order valence-electron chi connectivity index (χ3n) is 3.62. The number of rotatable bonds is 2. The first-order chi connectivity index (χ1) is 9.28. The molecule has 0 aliphatic carbocycles. The van der Waals surface area contributed by atoms with Gasteiger partial charge in [0.15, 0.2) is 6.29 Å². The number of para-hydroxylation sites is 1. The lowest BCUT2D eigenvalue weighted by atomic mass is 10.1. The number of nitrogens with zero attached hydrogens (tertiary/aromatic N) is 2. The van der Waals surface area contributed by atoms with Gasteiger partial charge in [-0.1, -0.05) is 18.2 Å². The summed E-state index contributed by atoms with van der Waals surface area (Å²) in [6.07, 6.45) is 2.09. The molecule has 0 radical (unpaired) electrons. The fraction of sp³-hybridized carbons (Fsp3) is 0.333. The Bertz CT molecular complexity index is 604. The van der Waals surface area contributed by atoms with Crippen molar-refractivity contribution in [3.8, 4) is 0 Å². The predicted molar refractivity (Wildman–Crippen MR) is 74.6 cm³/mol. The molecule has 4 heteroatoms. The highest BCUT2D eigenvalue weighted by molar-refractivity contribution is 5.91. The van der Waals surface area contributed by atoms with Gasteiger partial charge in [0.25, 0.3) is 0 Å². The highest BCUT2D eigenvalue weighted by Crippen LogP contribution is 2.25. The lowest BCUT2D eigenvalue weighted by Crippen LogP contribution is -2.36. The SMILES string of the molecule is O=Cc1cc2ccccc2nc1N1CCC(O)CC1. The maximum absolute atomic E-state index is 11.3. The molecule has 1 aromatic carbocycles. The Balaban J connectivity index is 2.03. The monoisotopic (exact) mass is 256 g/mol. The smallest absolute Gasteiger partial charge is 0.153 e. The van der Waals surface area contributed by atoms with Gasteiger partial charge in [-0.2, -0.15) is 0 Å². The maximum atomic E-state index is 11.3. The minimum Gasteiger partial charge on any atom is -0.393 e. The zero-order chi connectivity index (χ0) is 13.2. The van der Waals surface area contributed by atoms with Crippen LogP contribution < -0.4 is 4.90 Å². The first-order valence-corrected chi connectivity index (χ1v) is 6.56. The van der Waals surface area contributed by atoms with Crippen LogP contribution in [0.1, 0.15) is 23.2 Å². The number of carbonyl (C=O) groups excluding carboxylic acids is 1. The fourth-order valence-electron chi connectivity index (χ4n) is 2.54. The Morgan fingerprint density at radius 1 is 1.26 bits per heavy atom. The van der Waals surface area contributed by atoms with E-state index in [0.717, 1.165) is 48.9 Å². The van der Waals surface area contributed by atoms with E-state index < -0.39 is 0 Å². The summed E-state index contributed by atoms with van der Waals surface area (Å²) >= 11 is 0. The van der Waals surface area contributed by atoms with Gasteiger partial charge in [-0.05, 0) is 25.0 Å². The number of aromatic nitrogens is 1. The number of pyridine rings is 1. The molecular weight excluding hydrogens is 240 g/mol. The molecule has 2 heterocycles. The summed E-state index contributed by atoms with van der Waals surface area (Å²) in [5, 5.41) is 10.5. The Labute approximate surface area is 111 Å². The van der Waals surface area contributed by atoms with E-state index >= 15 is 0 Å². The molecule has 1 saturated heterocycles. The molecule has 0 atom stereocenters. The van der Waals surface area contributed by atoms with E-state index in [4.69, 9.17) is 0 Å². The molecule has 0 unspecified atom stereocenters. The standard InChI is InChI=1S/C15H16N2O2/c18-10-12-9-11-3-1-2-4-14(11)16-15(12)17-7-5-13(19)6-8-17/h1-4,9-10,13,19H,5-8H2. The van der Waals surface area contributed by atoms with Gasteiger partial charge in [0, 0.05) is 18.5 Å². The van der Waals surface area contributed by atoms with Crippen LogP contribution in [0.3, 0.4) is 0 Å². The number of anilines is 1. The van der Waals surface area contributed by atoms with Gasteiger partial charge in [-0.15, -0.1) is 0 Å². The van der Waals surface area contributed by atoms with E-state index in [1.807, 2.05) is 30.3 Å². The molecule has 4 nitrogen and oxygen atoms in total. The molecule has 1 aliphatic heterocycles. The van der Waals surface area contributed by atoms with Crippen LogP contribution in [-0.2, 0) is 0 Å². The second-order valence-electron chi connectivity index (χ2n) is 4.93. The summed E-state index contributed by atoms with van der Waals surface area (Å²) in [6.45, 7) is 1.49. The van der Waals surface area contributed by atoms with Gasteiger partial charge in [-0.3, -0.25) is 4.79 Å². The van der Waals surface area contributed by atoms with Crippen molar-refractivity contribution in [2.45, 2.75) is 18.9 Å². The molecular formula is C15H16N2O2. The van der Waals surface area contributed by atoms with Crippen molar-refractivity contribution in [3.63, 3.8) is 0 Å². The highest BCUT2D eigenvalue weighted by atomic mass is 16.3. The Morgan fingerprint density at radius 3 is 2.74 bits per heavy atom. The molecule has 1 fully saturated rings. The largest absolute Gasteiger partial charge is 0.393 e. The van der Waals surface area contributed by atoms with Crippen LogP contribution in [-0.4, -0.2) is 35.6 Å². The number of aldehydes is 1. The minimum absolute atomic E-state index is 0.226. The zero-order valence-corrected chi connectivity index (χ0v) is 10.6. The lowest BCUT2D eigenvalue weighted by Gasteiger charge is -2.31. The van der Waals surface area contributed by atoms with Gasteiger partial charge in [-0.25, -0.2) is 4.98 Å². The molecule has 3 rings (SSSR count). The summed E-state index contributed by atoms with van der Waals surface area (Å²) in [5.41, 5.74) is 1.52. The van der Waals surface area contributed by atoms with Crippen molar-refractivity contribution in [3.05, 3.63) is 35.9 Å². The summed E-state index contributed by atoms with van der Waals surface area (Å²) in [5.74, 6) is 0.737. The van der Waals surface area contributed by atoms with E-state index in [-0.39, 0.29) is 6.10 Å². The van der Waals surface area contributed by atoms with Crippen molar-refractivity contribution in [2.75, 3.05) is 18.0 Å². The molecule has 1 aliphatic rings. The van der Waals surface area contributed by atoms with Crippen molar-refractivity contribution < 1.29 is 9.90 Å². The van der Waals surface area contributed by atoms with Crippen molar-refractivity contribution in [1.29, 1.82) is 0 Å². The summed E-state index contributed by atoms with van der Waals surface area (Å²) in [7, 11) is 0. The van der Waals surface area contributed by atoms with Crippen LogP contribution in [0.5, 0.6) is 0 Å². The number of hydrogen-bond acceptors (Lipinski definition) is 4. The van der Waals surface area contributed by atoms with E-state index in [1.54, 1.807) is 0 Å². The molecule has 2 aromatic rings. The van der Waals surface area contributed by atoms with Crippen molar-refractivity contribution in [1.82, 2.24) is 4.98 Å². The van der Waals surface area contributed by atoms with Crippen LogP contribution in [0.2, 0.25) is 0 Å². The summed E-state index contributed by atoms with van der Waals surface area (Å²) in [6, 6.07) is 9.68. The van der Waals surface area contributed by atoms with Crippen LogP contribution >= 0.6 is 0 Å². The molecule has 0 amide bonds. The normalized spacial score (nSPS) is 16.8. The number of aliphatic hydroxyl groups is 1. The fourth-order valence-corrected chi connectivity index (χ4v) is 2.54. The number of piperidine rings is 1. The van der Waals surface area contributed by atoms with Gasteiger partial charge in [0.1, 0.15) is 5.82 Å². The van der Waals surface area contributed by atoms with Crippen molar-refractivity contribution >= 4 is 23.0 Å². The Hall–Kier alpha value is -1.94. The van der Waals surface area contributed by atoms with Crippen LogP contribution in [0.4, 0.5) is 5.82 Å². The molecule has 19 heavy (non-hydrogen) atoms. The highest BCUT2D eigenvalue weighted by Gasteiger charge is 2.20. The van der Waals surface area contributed by atoms with Crippen LogP contribution in [0.25, 0.3) is 10.9 Å². The predicted octanol–water partition coefficient (Wildman–Crippen LogP) is 2.01. The second kappa shape index (κ2) is 4.97. The number of benzene rings is 1. The molecule has 0 bridgehead atoms. The summed E-state index contributed by atoms with van der Waals surface area (Å²) in [4.78, 5) is 18.0. The molecule has 1 aromatic heterocycles. The van der Waals surface area contributed by atoms with Crippen LogP contribution in [0.15, 0.2) is 30.3 Å². The molecule has 0 spiro atoms. The zero-order valence-electron chi connectivity index (χ0n) is 10.6. The van der Waals surface area contributed by atoms with Gasteiger partial charge in [0.2, 0.25) is 0 Å². The molecule has 1 N–H and O–H groups in total.